The Labute approximate surface area is 146 Å². The molecule has 4 nitrogen and oxygen atoms in total. The van der Waals surface area contributed by atoms with Crippen LogP contribution in [-0.4, -0.2) is 10.8 Å². The predicted octanol–water partition coefficient (Wildman–Crippen LogP) is 2.67. The minimum absolute atomic E-state index is 0.212. The highest BCUT2D eigenvalue weighted by atomic mass is 32.1. The molecule has 5 heteroatoms. The van der Waals surface area contributed by atoms with Gasteiger partial charge in [-0.05, 0) is 34.5 Å². The standard InChI is InChI=1S/C20H13NO3S/c22-16(17-9-4-10-24-17)12-19-21-20(23)18(25-19)11-14-7-3-6-13-5-1-2-8-15(13)14/h1-12H,(H,21,23)/b18-11+,19-12+. The maximum atomic E-state index is 12.2. The van der Waals surface area contributed by atoms with Crippen LogP contribution < -0.4 is 14.8 Å². The number of aromatic nitrogens is 1. The Bertz CT molecular complexity index is 1220. The van der Waals surface area contributed by atoms with Crippen molar-refractivity contribution in [3.63, 3.8) is 0 Å². The summed E-state index contributed by atoms with van der Waals surface area (Å²) >= 11 is 1.25. The predicted molar refractivity (Wildman–Crippen MR) is 99.2 cm³/mol. The summed E-state index contributed by atoms with van der Waals surface area (Å²) in [6, 6.07) is 17.2. The van der Waals surface area contributed by atoms with Gasteiger partial charge < -0.3 is 9.40 Å². The van der Waals surface area contributed by atoms with Gasteiger partial charge in [-0.25, -0.2) is 0 Å². The van der Waals surface area contributed by atoms with Crippen LogP contribution >= 0.6 is 11.3 Å². The molecule has 4 rings (SSSR count). The number of Topliss-reactive ketones (excluding diaryl/α,β-unsaturated/α-hetero) is 1. The first kappa shape index (κ1) is 15.4. The molecule has 122 valence electrons. The van der Waals surface area contributed by atoms with Gasteiger partial charge in [-0.15, -0.1) is 11.3 Å². The van der Waals surface area contributed by atoms with Crippen LogP contribution in [0, 0.1) is 0 Å². The maximum Gasteiger partial charge on any atom is 0.266 e. The summed E-state index contributed by atoms with van der Waals surface area (Å²) in [5.74, 6) is -0.0342. The van der Waals surface area contributed by atoms with Crippen LogP contribution in [0.15, 0.2) is 70.1 Å². The van der Waals surface area contributed by atoms with E-state index in [0.29, 0.717) is 9.20 Å². The highest BCUT2D eigenvalue weighted by molar-refractivity contribution is 7.07. The molecule has 0 spiro atoms. The Morgan fingerprint density at radius 2 is 1.88 bits per heavy atom. The van der Waals surface area contributed by atoms with Crippen LogP contribution in [0.25, 0.3) is 22.9 Å². The average molecular weight is 347 g/mol. The number of ketones is 1. The van der Waals surface area contributed by atoms with Crippen molar-refractivity contribution in [3.05, 3.63) is 91.7 Å². The molecule has 25 heavy (non-hydrogen) atoms. The number of furan rings is 1. The first-order chi connectivity index (χ1) is 12.2. The van der Waals surface area contributed by atoms with Crippen molar-refractivity contribution >= 4 is 40.0 Å². The van der Waals surface area contributed by atoms with Crippen molar-refractivity contribution < 1.29 is 9.21 Å². The summed E-state index contributed by atoms with van der Waals surface area (Å²) < 4.78 is 6.12. The third-order valence-electron chi connectivity index (χ3n) is 3.82. The fourth-order valence-electron chi connectivity index (χ4n) is 2.65. The van der Waals surface area contributed by atoms with E-state index in [-0.39, 0.29) is 17.1 Å². The van der Waals surface area contributed by atoms with Gasteiger partial charge in [-0.3, -0.25) is 9.59 Å². The van der Waals surface area contributed by atoms with Crippen LogP contribution in [0.5, 0.6) is 0 Å². The van der Waals surface area contributed by atoms with Gasteiger partial charge in [-0.1, -0.05) is 42.5 Å². The number of rotatable bonds is 3. The normalized spacial score (nSPS) is 12.8. The van der Waals surface area contributed by atoms with Crippen molar-refractivity contribution in [3.8, 4) is 0 Å². The molecular weight excluding hydrogens is 334 g/mol. The van der Waals surface area contributed by atoms with E-state index in [2.05, 4.69) is 4.98 Å². The molecule has 0 unspecified atom stereocenters. The Morgan fingerprint density at radius 3 is 2.72 bits per heavy atom. The van der Waals surface area contributed by atoms with Gasteiger partial charge in [-0.2, -0.15) is 0 Å². The summed E-state index contributed by atoms with van der Waals surface area (Å²) in [6.45, 7) is 0. The monoisotopic (exact) mass is 347 g/mol. The van der Waals surface area contributed by atoms with Crippen LogP contribution in [0.4, 0.5) is 0 Å². The topological polar surface area (TPSA) is 63.1 Å². The fraction of sp³-hybridized carbons (Fsp3) is 0. The molecule has 0 atom stereocenters. The van der Waals surface area contributed by atoms with Gasteiger partial charge in [0.1, 0.15) is 0 Å². The molecule has 0 saturated carbocycles. The molecule has 0 saturated heterocycles. The second-order valence-corrected chi connectivity index (χ2v) is 6.57. The number of fused-ring (bicyclic) bond motifs is 1. The number of benzene rings is 2. The Kier molecular flexibility index (Phi) is 3.91. The molecule has 0 aliphatic heterocycles. The van der Waals surface area contributed by atoms with Crippen LogP contribution in [0.1, 0.15) is 16.1 Å². The summed E-state index contributed by atoms with van der Waals surface area (Å²) in [7, 11) is 0. The van der Waals surface area contributed by atoms with E-state index in [0.717, 1.165) is 16.3 Å². The third-order valence-corrected chi connectivity index (χ3v) is 4.78. The lowest BCUT2D eigenvalue weighted by Crippen LogP contribution is -2.20. The molecule has 0 amide bonds. The quantitative estimate of drug-likeness (QED) is 0.580. The molecule has 2 aromatic carbocycles. The molecule has 0 aliphatic rings. The first-order valence-corrected chi connectivity index (χ1v) is 8.50. The molecule has 1 N–H and O–H groups in total. The van der Waals surface area contributed by atoms with Crippen LogP contribution in [0.2, 0.25) is 0 Å². The minimum Gasteiger partial charge on any atom is -0.461 e. The molecule has 0 fully saturated rings. The van der Waals surface area contributed by atoms with Gasteiger partial charge in [0, 0.05) is 6.08 Å². The molecule has 0 radical (unpaired) electrons. The van der Waals surface area contributed by atoms with Crippen molar-refractivity contribution in [1.82, 2.24) is 4.98 Å². The van der Waals surface area contributed by atoms with Crippen LogP contribution in [0.3, 0.4) is 0 Å². The Morgan fingerprint density at radius 1 is 1.04 bits per heavy atom. The molecular formula is C20H13NO3S. The highest BCUT2D eigenvalue weighted by Gasteiger charge is 2.06. The van der Waals surface area contributed by atoms with E-state index in [4.69, 9.17) is 4.42 Å². The minimum atomic E-state index is -0.279. The zero-order valence-electron chi connectivity index (χ0n) is 13.1. The van der Waals surface area contributed by atoms with E-state index < -0.39 is 0 Å². The maximum absolute atomic E-state index is 12.2. The summed E-state index contributed by atoms with van der Waals surface area (Å²) in [4.78, 5) is 27.0. The van der Waals surface area contributed by atoms with E-state index >= 15 is 0 Å². The molecule has 4 aromatic rings. The summed E-state index contributed by atoms with van der Waals surface area (Å²) in [5.41, 5.74) is 0.755. The first-order valence-electron chi connectivity index (χ1n) is 7.69. The second kappa shape index (κ2) is 6.37. The Hall–Kier alpha value is -3.18. The summed E-state index contributed by atoms with van der Waals surface area (Å²) in [5, 5.41) is 2.19. The number of carbonyl (C=O) groups excluding carboxylic acids is 1. The highest BCUT2D eigenvalue weighted by Crippen LogP contribution is 2.18. The summed E-state index contributed by atoms with van der Waals surface area (Å²) in [6.07, 6.45) is 4.67. The number of thiazole rings is 1. The lowest BCUT2D eigenvalue weighted by atomic mass is 10.0. The zero-order valence-corrected chi connectivity index (χ0v) is 13.9. The van der Waals surface area contributed by atoms with Gasteiger partial charge in [0.2, 0.25) is 5.78 Å². The largest absolute Gasteiger partial charge is 0.461 e. The number of carbonyl (C=O) groups is 1. The van der Waals surface area contributed by atoms with Crippen LogP contribution in [-0.2, 0) is 0 Å². The smallest absolute Gasteiger partial charge is 0.266 e. The number of nitrogens with one attached hydrogen (secondary N) is 1. The van der Waals surface area contributed by atoms with Crippen molar-refractivity contribution in [2.75, 3.05) is 0 Å². The van der Waals surface area contributed by atoms with E-state index in [1.807, 2.05) is 48.5 Å². The third kappa shape index (κ3) is 3.09. The number of hydrogen-bond donors (Lipinski definition) is 1. The SMILES string of the molecule is O=C(/C=c1\[nH]c(=O)/c(=C\c2cccc3ccccc23)s1)c1ccco1. The van der Waals surface area contributed by atoms with Crippen molar-refractivity contribution in [1.29, 1.82) is 0 Å². The lowest BCUT2D eigenvalue weighted by molar-refractivity contribution is 0.103. The van der Waals surface area contributed by atoms with Gasteiger partial charge in [0.15, 0.2) is 5.76 Å². The fourth-order valence-corrected chi connectivity index (χ4v) is 3.53. The molecule has 2 aromatic heterocycles. The van der Waals surface area contributed by atoms with Crippen molar-refractivity contribution in [2.24, 2.45) is 0 Å². The number of hydrogen-bond acceptors (Lipinski definition) is 4. The Balaban J connectivity index is 1.81. The molecule has 2 heterocycles. The molecule has 0 bridgehead atoms. The van der Waals surface area contributed by atoms with Crippen molar-refractivity contribution in [2.45, 2.75) is 0 Å². The van der Waals surface area contributed by atoms with E-state index in [1.165, 1.54) is 23.7 Å². The lowest BCUT2D eigenvalue weighted by Gasteiger charge is -2.00. The second-order valence-electron chi connectivity index (χ2n) is 5.48. The van der Waals surface area contributed by atoms with Gasteiger partial charge in [0.05, 0.1) is 15.5 Å². The van der Waals surface area contributed by atoms with Gasteiger partial charge in [0.25, 0.3) is 5.56 Å². The number of H-pyrrole nitrogens is 1. The van der Waals surface area contributed by atoms with Gasteiger partial charge >= 0.3 is 0 Å². The molecule has 0 aliphatic carbocycles. The van der Waals surface area contributed by atoms with E-state index in [1.54, 1.807) is 12.1 Å². The zero-order chi connectivity index (χ0) is 17.2. The van der Waals surface area contributed by atoms with E-state index in [9.17, 15) is 9.59 Å². The number of aromatic amines is 1. The average Bonchev–Trinajstić information content (AvgIpc) is 3.26.